The van der Waals surface area contributed by atoms with Crippen molar-refractivity contribution in [2.75, 3.05) is 13.2 Å². The van der Waals surface area contributed by atoms with Crippen molar-refractivity contribution in [1.29, 1.82) is 0 Å². The number of nitrogens with zero attached hydrogens (tertiary/aromatic N) is 3. The monoisotopic (exact) mass is 383 g/mol. The Morgan fingerprint density at radius 2 is 1.93 bits per heavy atom. The maximum atomic E-state index is 9.44. The molecule has 0 spiro atoms. The van der Waals surface area contributed by atoms with Crippen LogP contribution in [0.3, 0.4) is 0 Å². The molecule has 5 nitrogen and oxygen atoms in total. The predicted molar refractivity (Wildman–Crippen MR) is 110 cm³/mol. The minimum Gasteiger partial charge on any atom is -0.392 e. The second-order valence-electron chi connectivity index (χ2n) is 9.44. The molecule has 3 aliphatic rings. The van der Waals surface area contributed by atoms with E-state index in [-0.39, 0.29) is 6.61 Å². The zero-order chi connectivity index (χ0) is 19.1. The van der Waals surface area contributed by atoms with Gasteiger partial charge in [-0.1, -0.05) is 19.1 Å². The van der Waals surface area contributed by atoms with Crippen molar-refractivity contribution < 1.29 is 9.84 Å². The summed E-state index contributed by atoms with van der Waals surface area (Å²) in [5.74, 6) is 1.42. The summed E-state index contributed by atoms with van der Waals surface area (Å²) in [6.07, 6.45) is 10.3. The van der Waals surface area contributed by atoms with Crippen LogP contribution in [0.15, 0.2) is 24.4 Å². The summed E-state index contributed by atoms with van der Waals surface area (Å²) in [5, 5.41) is 15.2. The van der Waals surface area contributed by atoms with E-state index in [4.69, 9.17) is 4.74 Å². The van der Waals surface area contributed by atoms with Gasteiger partial charge in [0.2, 0.25) is 0 Å². The number of ether oxygens (including phenoxy) is 1. The first-order valence-electron chi connectivity index (χ1n) is 11.1. The molecule has 1 saturated carbocycles. The van der Waals surface area contributed by atoms with Crippen LogP contribution in [-0.2, 0) is 17.9 Å². The fraction of sp³-hybridized carbons (Fsp3) is 0.696. The largest absolute Gasteiger partial charge is 0.392 e. The van der Waals surface area contributed by atoms with E-state index in [0.717, 1.165) is 42.1 Å². The number of benzene rings is 1. The van der Waals surface area contributed by atoms with Gasteiger partial charge in [0, 0.05) is 37.2 Å². The van der Waals surface area contributed by atoms with Gasteiger partial charge in [0.1, 0.15) is 0 Å². The molecule has 3 atom stereocenters. The Hall–Kier alpha value is -1.43. The maximum Gasteiger partial charge on any atom is 0.0686 e. The Labute approximate surface area is 167 Å². The molecule has 2 bridgehead atoms. The highest BCUT2D eigenvalue weighted by atomic mass is 16.5. The topological polar surface area (TPSA) is 50.5 Å². The molecule has 3 heterocycles. The van der Waals surface area contributed by atoms with Gasteiger partial charge in [-0.2, -0.15) is 5.10 Å². The number of aliphatic hydroxyl groups excluding tert-OH is 1. The first-order valence-corrected chi connectivity index (χ1v) is 11.1. The van der Waals surface area contributed by atoms with Crippen LogP contribution in [0, 0.1) is 11.8 Å². The highest BCUT2D eigenvalue weighted by molar-refractivity contribution is 5.79. The van der Waals surface area contributed by atoms with E-state index >= 15 is 0 Å². The third-order valence-corrected chi connectivity index (χ3v) is 7.00. The molecule has 28 heavy (non-hydrogen) atoms. The van der Waals surface area contributed by atoms with E-state index in [1.165, 1.54) is 38.5 Å². The molecule has 1 aromatic carbocycles. The zero-order valence-corrected chi connectivity index (χ0v) is 17.0. The van der Waals surface area contributed by atoms with Crippen LogP contribution in [0.1, 0.15) is 51.0 Å². The first kappa shape index (κ1) is 18.6. The van der Waals surface area contributed by atoms with Crippen molar-refractivity contribution >= 4 is 10.9 Å². The van der Waals surface area contributed by atoms with Crippen molar-refractivity contribution in [2.24, 2.45) is 11.8 Å². The second-order valence-corrected chi connectivity index (χ2v) is 9.44. The SMILES string of the molecule is C[C@H](CN1[C@@H]2CC[C@@H]1CC(OCC1CC1)C2)Cn1ncc2ccc(CO)cc21. The number of fused-ring (bicyclic) bond motifs is 3. The molecule has 3 fully saturated rings. The number of aromatic nitrogens is 2. The molecule has 2 aliphatic heterocycles. The summed E-state index contributed by atoms with van der Waals surface area (Å²) < 4.78 is 8.35. The lowest BCUT2D eigenvalue weighted by atomic mass is 9.98. The number of piperidine rings is 1. The number of rotatable bonds is 8. The van der Waals surface area contributed by atoms with E-state index in [9.17, 15) is 5.11 Å². The molecule has 152 valence electrons. The highest BCUT2D eigenvalue weighted by Gasteiger charge is 2.41. The van der Waals surface area contributed by atoms with Crippen LogP contribution in [0.25, 0.3) is 10.9 Å². The van der Waals surface area contributed by atoms with Crippen LogP contribution in [-0.4, -0.2) is 51.1 Å². The van der Waals surface area contributed by atoms with Crippen molar-refractivity contribution in [3.05, 3.63) is 30.0 Å². The standard InChI is InChI=1S/C23H33N3O2/c1-16(13-26-23-8-18(14-27)4-5-19(23)11-24-26)12-25-20-6-7-21(25)10-22(9-20)28-15-17-2-3-17/h4-5,8,11,16-17,20-22,27H,2-3,6-7,9-10,12-15H2,1H3/t16-,20-,21-/m1/s1. The number of aliphatic hydroxyl groups is 1. The van der Waals surface area contributed by atoms with E-state index in [1.54, 1.807) is 0 Å². The van der Waals surface area contributed by atoms with Crippen molar-refractivity contribution in [3.8, 4) is 0 Å². The van der Waals surface area contributed by atoms with Gasteiger partial charge in [-0.3, -0.25) is 9.58 Å². The summed E-state index contributed by atoms with van der Waals surface area (Å²) in [5.41, 5.74) is 2.08. The lowest BCUT2D eigenvalue weighted by molar-refractivity contribution is -0.0276. The van der Waals surface area contributed by atoms with Gasteiger partial charge in [0.25, 0.3) is 0 Å². The molecule has 5 heteroatoms. The maximum absolute atomic E-state index is 9.44. The predicted octanol–water partition coefficient (Wildman–Crippen LogP) is 3.59. The van der Waals surface area contributed by atoms with E-state index in [2.05, 4.69) is 33.7 Å². The molecule has 2 saturated heterocycles. The minimum atomic E-state index is 0.0811. The molecule has 0 radical (unpaired) electrons. The van der Waals surface area contributed by atoms with Crippen molar-refractivity contribution in [2.45, 2.75) is 76.8 Å². The molecule has 0 unspecified atom stereocenters. The quantitative estimate of drug-likeness (QED) is 0.757. The lowest BCUT2D eigenvalue weighted by Gasteiger charge is -2.40. The van der Waals surface area contributed by atoms with E-state index in [0.29, 0.717) is 24.1 Å². The van der Waals surface area contributed by atoms with Gasteiger partial charge in [0.05, 0.1) is 24.4 Å². The second kappa shape index (κ2) is 7.77. The van der Waals surface area contributed by atoms with Gasteiger partial charge in [-0.05, 0) is 62.0 Å². The molecule has 1 aliphatic carbocycles. The molecule has 0 amide bonds. The van der Waals surface area contributed by atoms with Gasteiger partial charge in [-0.15, -0.1) is 0 Å². The fourth-order valence-electron chi connectivity index (χ4n) is 5.29. The Morgan fingerprint density at radius 1 is 1.14 bits per heavy atom. The summed E-state index contributed by atoms with van der Waals surface area (Å²) >= 11 is 0. The normalized spacial score (nSPS) is 28.9. The number of hydrogen-bond acceptors (Lipinski definition) is 4. The highest BCUT2D eigenvalue weighted by Crippen LogP contribution is 2.38. The summed E-state index contributed by atoms with van der Waals surface area (Å²) in [4.78, 5) is 2.77. The Kier molecular flexibility index (Phi) is 5.16. The molecular formula is C23H33N3O2. The zero-order valence-electron chi connectivity index (χ0n) is 17.0. The fourth-order valence-corrected chi connectivity index (χ4v) is 5.29. The summed E-state index contributed by atoms with van der Waals surface area (Å²) in [6.45, 7) is 5.50. The smallest absolute Gasteiger partial charge is 0.0686 e. The number of hydrogen-bond donors (Lipinski definition) is 1. The summed E-state index contributed by atoms with van der Waals surface area (Å²) in [7, 11) is 0. The van der Waals surface area contributed by atoms with Gasteiger partial charge in [0.15, 0.2) is 0 Å². The molecule has 1 N–H and O–H groups in total. The van der Waals surface area contributed by atoms with E-state index in [1.807, 2.05) is 12.3 Å². The van der Waals surface area contributed by atoms with E-state index < -0.39 is 0 Å². The lowest BCUT2D eigenvalue weighted by Crippen LogP contribution is -2.47. The van der Waals surface area contributed by atoms with Gasteiger partial charge in [-0.25, -0.2) is 0 Å². The Morgan fingerprint density at radius 3 is 2.64 bits per heavy atom. The van der Waals surface area contributed by atoms with Crippen molar-refractivity contribution in [1.82, 2.24) is 14.7 Å². The first-order chi connectivity index (χ1) is 13.7. The summed E-state index contributed by atoms with van der Waals surface area (Å²) in [6, 6.07) is 7.52. The Balaban J connectivity index is 1.20. The Bertz CT molecular complexity index is 801. The van der Waals surface area contributed by atoms with Gasteiger partial charge >= 0.3 is 0 Å². The van der Waals surface area contributed by atoms with Crippen LogP contribution < -0.4 is 0 Å². The van der Waals surface area contributed by atoms with Crippen LogP contribution in [0.2, 0.25) is 0 Å². The van der Waals surface area contributed by atoms with Crippen molar-refractivity contribution in [3.63, 3.8) is 0 Å². The third-order valence-electron chi connectivity index (χ3n) is 7.00. The molecular weight excluding hydrogens is 350 g/mol. The van der Waals surface area contributed by atoms with Gasteiger partial charge < -0.3 is 9.84 Å². The molecule has 1 aromatic heterocycles. The minimum absolute atomic E-state index is 0.0811. The van der Waals surface area contributed by atoms with Crippen LogP contribution in [0.5, 0.6) is 0 Å². The third kappa shape index (κ3) is 3.85. The molecule has 2 aromatic rings. The van der Waals surface area contributed by atoms with Crippen LogP contribution >= 0.6 is 0 Å². The molecule has 5 rings (SSSR count). The average Bonchev–Trinajstić information content (AvgIpc) is 3.42. The van der Waals surface area contributed by atoms with Crippen LogP contribution in [0.4, 0.5) is 0 Å². The average molecular weight is 384 g/mol.